The van der Waals surface area contributed by atoms with E-state index in [4.69, 9.17) is 0 Å². The molecule has 0 amide bonds. The van der Waals surface area contributed by atoms with E-state index < -0.39 is 0 Å². The highest BCUT2D eigenvalue weighted by Crippen LogP contribution is 2.27. The fourth-order valence-electron chi connectivity index (χ4n) is 1.84. The van der Waals surface area contributed by atoms with Crippen molar-refractivity contribution >= 4 is 37.5 Å². The van der Waals surface area contributed by atoms with Crippen LogP contribution in [0.25, 0.3) is 0 Å². The van der Waals surface area contributed by atoms with Gasteiger partial charge in [-0.15, -0.1) is 0 Å². The molecule has 2 aromatic rings. The summed E-state index contributed by atoms with van der Waals surface area (Å²) in [6.45, 7) is 4.25. The molecule has 2 rings (SSSR count). The molecule has 94 valence electrons. The third-order valence-corrected chi connectivity index (χ3v) is 4.50. The Morgan fingerprint density at radius 2 is 1.72 bits per heavy atom. The lowest BCUT2D eigenvalue weighted by atomic mass is 10.1. The van der Waals surface area contributed by atoms with Crippen molar-refractivity contribution in [3.8, 4) is 0 Å². The molecule has 2 aromatic carbocycles. The standard InChI is InChI=1S/C15H15Br2N/c1-10-7-8-12(9-15(10)17)18-11(2)13-5-3-4-6-14(13)16/h3-9,11,18H,1-2H3. The van der Waals surface area contributed by atoms with E-state index in [1.165, 1.54) is 11.1 Å². The van der Waals surface area contributed by atoms with Crippen LogP contribution in [-0.4, -0.2) is 0 Å². The van der Waals surface area contributed by atoms with Gasteiger partial charge >= 0.3 is 0 Å². The van der Waals surface area contributed by atoms with Gasteiger partial charge in [-0.1, -0.05) is 56.1 Å². The number of aryl methyl sites for hydroxylation is 1. The van der Waals surface area contributed by atoms with Crippen molar-refractivity contribution in [2.75, 3.05) is 5.32 Å². The highest BCUT2D eigenvalue weighted by atomic mass is 79.9. The van der Waals surface area contributed by atoms with Gasteiger partial charge in [-0.3, -0.25) is 0 Å². The first-order valence-electron chi connectivity index (χ1n) is 5.85. The summed E-state index contributed by atoms with van der Waals surface area (Å²) < 4.78 is 2.27. The van der Waals surface area contributed by atoms with Crippen molar-refractivity contribution in [3.05, 3.63) is 62.5 Å². The molecule has 1 atom stereocenters. The Morgan fingerprint density at radius 1 is 1.00 bits per heavy atom. The van der Waals surface area contributed by atoms with Crippen molar-refractivity contribution in [2.45, 2.75) is 19.9 Å². The van der Waals surface area contributed by atoms with Gasteiger partial charge in [-0.05, 0) is 43.2 Å². The second kappa shape index (κ2) is 5.89. The van der Waals surface area contributed by atoms with Gasteiger partial charge in [0, 0.05) is 20.7 Å². The maximum absolute atomic E-state index is 3.59. The molecular weight excluding hydrogens is 354 g/mol. The van der Waals surface area contributed by atoms with Gasteiger partial charge in [0.15, 0.2) is 0 Å². The lowest BCUT2D eigenvalue weighted by Gasteiger charge is -2.17. The monoisotopic (exact) mass is 367 g/mol. The smallest absolute Gasteiger partial charge is 0.0496 e. The Balaban J connectivity index is 2.19. The Morgan fingerprint density at radius 3 is 2.39 bits per heavy atom. The predicted molar refractivity (Wildman–Crippen MR) is 85.1 cm³/mol. The van der Waals surface area contributed by atoms with E-state index in [0.717, 1.165) is 14.6 Å². The van der Waals surface area contributed by atoms with Crippen LogP contribution in [0.4, 0.5) is 5.69 Å². The molecular formula is C15H15Br2N. The molecule has 1 nitrogen and oxygen atoms in total. The SMILES string of the molecule is Cc1ccc(NC(C)c2ccccc2Br)cc1Br. The Labute approximate surface area is 125 Å². The van der Waals surface area contributed by atoms with Gasteiger partial charge in [-0.2, -0.15) is 0 Å². The fourth-order valence-corrected chi connectivity index (χ4v) is 2.84. The summed E-state index contributed by atoms with van der Waals surface area (Å²) in [6, 6.07) is 14.9. The Hall–Kier alpha value is -0.800. The van der Waals surface area contributed by atoms with E-state index >= 15 is 0 Å². The van der Waals surface area contributed by atoms with Crippen molar-refractivity contribution in [1.82, 2.24) is 0 Å². The Bertz CT molecular complexity index is 552. The molecule has 0 spiro atoms. The average molecular weight is 369 g/mol. The summed E-state index contributed by atoms with van der Waals surface area (Å²) in [4.78, 5) is 0. The molecule has 0 fully saturated rings. The van der Waals surface area contributed by atoms with E-state index in [9.17, 15) is 0 Å². The molecule has 0 radical (unpaired) electrons. The number of anilines is 1. The summed E-state index contributed by atoms with van der Waals surface area (Å²) in [6.07, 6.45) is 0. The van der Waals surface area contributed by atoms with Crippen LogP contribution in [0.1, 0.15) is 24.1 Å². The van der Waals surface area contributed by atoms with Crippen molar-refractivity contribution in [3.63, 3.8) is 0 Å². The molecule has 0 saturated heterocycles. The van der Waals surface area contributed by atoms with Crippen molar-refractivity contribution in [1.29, 1.82) is 0 Å². The third kappa shape index (κ3) is 3.15. The van der Waals surface area contributed by atoms with Crippen LogP contribution in [0.15, 0.2) is 51.4 Å². The van der Waals surface area contributed by atoms with Crippen LogP contribution in [0.5, 0.6) is 0 Å². The minimum Gasteiger partial charge on any atom is -0.378 e. The van der Waals surface area contributed by atoms with Crippen molar-refractivity contribution < 1.29 is 0 Å². The molecule has 0 saturated carbocycles. The largest absolute Gasteiger partial charge is 0.378 e. The van der Waals surface area contributed by atoms with Gasteiger partial charge in [0.05, 0.1) is 0 Å². The molecule has 1 unspecified atom stereocenters. The highest BCUT2D eigenvalue weighted by molar-refractivity contribution is 9.10. The first-order chi connectivity index (χ1) is 8.58. The number of nitrogens with one attached hydrogen (secondary N) is 1. The molecule has 1 N–H and O–H groups in total. The zero-order chi connectivity index (χ0) is 13.1. The normalized spacial score (nSPS) is 12.2. The second-order valence-corrected chi connectivity index (χ2v) is 6.06. The number of hydrogen-bond acceptors (Lipinski definition) is 1. The topological polar surface area (TPSA) is 12.0 Å². The van der Waals surface area contributed by atoms with Crippen LogP contribution in [0, 0.1) is 6.92 Å². The number of rotatable bonds is 3. The summed E-state index contributed by atoms with van der Waals surface area (Å²) in [5, 5.41) is 3.51. The average Bonchev–Trinajstić information content (AvgIpc) is 2.34. The highest BCUT2D eigenvalue weighted by Gasteiger charge is 2.08. The summed E-state index contributed by atoms with van der Waals surface area (Å²) >= 11 is 7.14. The number of hydrogen-bond donors (Lipinski definition) is 1. The molecule has 0 aromatic heterocycles. The summed E-state index contributed by atoms with van der Waals surface area (Å²) in [5.74, 6) is 0. The Kier molecular flexibility index (Phi) is 4.46. The van der Waals surface area contributed by atoms with Gasteiger partial charge < -0.3 is 5.32 Å². The fraction of sp³-hybridized carbons (Fsp3) is 0.200. The van der Waals surface area contributed by atoms with Gasteiger partial charge in [-0.25, -0.2) is 0 Å². The molecule has 0 heterocycles. The maximum atomic E-state index is 3.59. The first-order valence-corrected chi connectivity index (χ1v) is 7.43. The summed E-state index contributed by atoms with van der Waals surface area (Å²) in [5.41, 5.74) is 3.62. The minimum absolute atomic E-state index is 0.259. The third-order valence-electron chi connectivity index (χ3n) is 2.93. The predicted octanol–water partition coefficient (Wildman–Crippen LogP) is 5.69. The second-order valence-electron chi connectivity index (χ2n) is 4.35. The molecule has 0 bridgehead atoms. The quantitative estimate of drug-likeness (QED) is 0.733. The minimum atomic E-state index is 0.259. The van der Waals surface area contributed by atoms with Crippen LogP contribution < -0.4 is 5.32 Å². The molecule has 0 aliphatic rings. The zero-order valence-corrected chi connectivity index (χ0v) is 13.5. The molecule has 3 heteroatoms. The van der Waals surface area contributed by atoms with E-state index in [1.54, 1.807) is 0 Å². The summed E-state index contributed by atoms with van der Waals surface area (Å²) in [7, 11) is 0. The van der Waals surface area contributed by atoms with Crippen molar-refractivity contribution in [2.24, 2.45) is 0 Å². The zero-order valence-electron chi connectivity index (χ0n) is 10.4. The van der Waals surface area contributed by atoms with Gasteiger partial charge in [0.1, 0.15) is 0 Å². The number of benzene rings is 2. The first kappa shape index (κ1) is 13.6. The van der Waals surface area contributed by atoms with E-state index in [1.807, 2.05) is 6.07 Å². The van der Waals surface area contributed by atoms with Crippen LogP contribution in [0.3, 0.4) is 0 Å². The van der Waals surface area contributed by atoms with Crippen LogP contribution >= 0.6 is 31.9 Å². The maximum Gasteiger partial charge on any atom is 0.0496 e. The van der Waals surface area contributed by atoms with E-state index in [2.05, 4.69) is 87.4 Å². The number of halogens is 2. The molecule has 0 aliphatic carbocycles. The van der Waals surface area contributed by atoms with E-state index in [-0.39, 0.29) is 6.04 Å². The van der Waals surface area contributed by atoms with Gasteiger partial charge in [0.25, 0.3) is 0 Å². The van der Waals surface area contributed by atoms with Crippen LogP contribution in [-0.2, 0) is 0 Å². The lowest BCUT2D eigenvalue weighted by molar-refractivity contribution is 0.878. The van der Waals surface area contributed by atoms with E-state index in [0.29, 0.717) is 0 Å². The lowest BCUT2D eigenvalue weighted by Crippen LogP contribution is -2.07. The van der Waals surface area contributed by atoms with Gasteiger partial charge in [0.2, 0.25) is 0 Å². The molecule has 18 heavy (non-hydrogen) atoms. The van der Waals surface area contributed by atoms with Crippen LogP contribution in [0.2, 0.25) is 0 Å². The molecule has 0 aliphatic heterocycles.